The van der Waals surface area contributed by atoms with Crippen LogP contribution in [0.25, 0.3) is 0 Å². The fourth-order valence-electron chi connectivity index (χ4n) is 4.92. The molecule has 1 aliphatic heterocycles. The van der Waals surface area contributed by atoms with Crippen molar-refractivity contribution in [3.05, 3.63) is 69.5 Å². The lowest BCUT2D eigenvalue weighted by Crippen LogP contribution is -2.45. The molecule has 37 heavy (non-hydrogen) atoms. The van der Waals surface area contributed by atoms with Crippen molar-refractivity contribution in [2.75, 3.05) is 18.4 Å². The monoisotopic (exact) mass is 533 g/mol. The Morgan fingerprint density at radius 2 is 1.89 bits per heavy atom. The fourth-order valence-corrected chi connectivity index (χ4v) is 5.11. The van der Waals surface area contributed by atoms with E-state index in [1.807, 2.05) is 11.8 Å². The molecule has 196 valence electrons. The molecule has 1 saturated carbocycles. The third-order valence-corrected chi connectivity index (χ3v) is 7.65. The Balaban J connectivity index is 1.39. The first kappa shape index (κ1) is 25.5. The van der Waals surface area contributed by atoms with Gasteiger partial charge in [-0.25, -0.2) is 18.2 Å². The molecule has 2 fully saturated rings. The zero-order chi connectivity index (χ0) is 26.4. The van der Waals surface area contributed by atoms with Gasteiger partial charge < -0.3 is 10.4 Å². The number of alkyl halides is 1. The van der Waals surface area contributed by atoms with Gasteiger partial charge in [0.25, 0.3) is 0 Å². The van der Waals surface area contributed by atoms with Crippen molar-refractivity contribution in [2.24, 2.45) is 5.41 Å². The number of carboxylic acids is 1. The molecule has 5 rings (SSSR count). The number of aryl methyl sites for hydroxylation is 1. The summed E-state index contributed by atoms with van der Waals surface area (Å²) in [5.74, 6) is -1.71. The van der Waals surface area contributed by atoms with Crippen molar-refractivity contribution in [2.45, 2.75) is 51.2 Å². The second kappa shape index (κ2) is 9.64. The van der Waals surface area contributed by atoms with Gasteiger partial charge in [0.2, 0.25) is 0 Å². The third kappa shape index (κ3) is 5.17. The zero-order valence-electron chi connectivity index (χ0n) is 20.3. The van der Waals surface area contributed by atoms with E-state index in [2.05, 4.69) is 20.5 Å². The van der Waals surface area contributed by atoms with Gasteiger partial charge in [-0.2, -0.15) is 5.10 Å². The maximum absolute atomic E-state index is 15.6. The lowest BCUT2D eigenvalue weighted by molar-refractivity contribution is -0.152. The van der Waals surface area contributed by atoms with Gasteiger partial charge >= 0.3 is 5.97 Å². The lowest BCUT2D eigenvalue weighted by atomic mass is 9.74. The van der Waals surface area contributed by atoms with Crippen LogP contribution in [0.5, 0.6) is 0 Å². The number of nitrogens with zero attached hydrogens (tertiary/aromatic N) is 3. The van der Waals surface area contributed by atoms with Crippen molar-refractivity contribution in [3.8, 4) is 0 Å². The van der Waals surface area contributed by atoms with Crippen molar-refractivity contribution < 1.29 is 23.1 Å². The predicted molar refractivity (Wildman–Crippen MR) is 133 cm³/mol. The Hall–Kier alpha value is -3.11. The van der Waals surface area contributed by atoms with Crippen LogP contribution in [0.4, 0.5) is 24.8 Å². The number of piperidine rings is 1. The van der Waals surface area contributed by atoms with Gasteiger partial charge in [-0.15, -0.1) is 0 Å². The van der Waals surface area contributed by atoms with Crippen LogP contribution in [0, 0.1) is 24.0 Å². The molecule has 1 aromatic carbocycles. The van der Waals surface area contributed by atoms with Crippen molar-refractivity contribution >= 4 is 29.2 Å². The zero-order valence-corrected chi connectivity index (χ0v) is 21.0. The number of likely N-dealkylation sites (tertiary alicyclic amines) is 1. The van der Waals surface area contributed by atoms with Gasteiger partial charge in [0.15, 0.2) is 11.6 Å². The molecule has 3 aromatic rings. The number of carboxylic acid groups (broad SMARTS) is 1. The molecule has 0 bridgehead atoms. The summed E-state index contributed by atoms with van der Waals surface area (Å²) in [5.41, 5.74) is -2.04. The highest BCUT2D eigenvalue weighted by Gasteiger charge is 2.49. The van der Waals surface area contributed by atoms with Crippen molar-refractivity contribution in [1.82, 2.24) is 20.1 Å². The van der Waals surface area contributed by atoms with E-state index in [4.69, 9.17) is 11.6 Å². The highest BCUT2D eigenvalue weighted by molar-refractivity contribution is 6.30. The normalized spacial score (nSPS) is 18.5. The number of nitrogens with one attached hydrogen (secondary N) is 2. The second-order valence-electron chi connectivity index (χ2n) is 10.1. The van der Waals surface area contributed by atoms with E-state index in [1.165, 1.54) is 12.1 Å². The van der Waals surface area contributed by atoms with E-state index in [0.29, 0.717) is 24.5 Å². The number of anilines is 2. The number of halogens is 4. The molecule has 2 aromatic heterocycles. The Bertz CT molecular complexity index is 1340. The van der Waals surface area contributed by atoms with Crippen LogP contribution < -0.4 is 5.32 Å². The van der Waals surface area contributed by atoms with E-state index in [9.17, 15) is 14.3 Å². The highest BCUT2D eigenvalue weighted by Crippen LogP contribution is 2.51. The van der Waals surface area contributed by atoms with Gasteiger partial charge in [0.05, 0.1) is 16.1 Å². The molecular weight excluding hydrogens is 507 g/mol. The van der Waals surface area contributed by atoms with E-state index < -0.39 is 28.7 Å². The van der Waals surface area contributed by atoms with Crippen molar-refractivity contribution in [1.29, 1.82) is 0 Å². The van der Waals surface area contributed by atoms with Gasteiger partial charge in [-0.3, -0.25) is 14.8 Å². The molecule has 0 unspecified atom stereocenters. The SMILES string of the molecule is Cc1cc(Nc2cc(C3(F)CC3)c(F)c(CC3(C(=O)O)CCN(Cc4cccc(Cl)c4F)CC3)n2)n[nH]1. The molecule has 7 nitrogen and oxygen atoms in total. The summed E-state index contributed by atoms with van der Waals surface area (Å²) in [6.07, 6.45) is 0.627. The molecule has 3 N–H and O–H groups in total. The standard InChI is InChI=1S/C26H27ClF3N5O2/c1-15-11-21(34-33-15)32-20-12-17(26(30)5-6-26)23(29)19(31-20)13-25(24(36)37)7-9-35(10-8-25)14-16-3-2-4-18(27)22(16)28/h2-4,11-12H,5-10,13-14H2,1H3,(H,36,37)(H2,31,32,33,34). The first-order valence-electron chi connectivity index (χ1n) is 12.2. The maximum atomic E-state index is 15.6. The number of hydrogen-bond donors (Lipinski definition) is 3. The Morgan fingerprint density at radius 1 is 1.16 bits per heavy atom. The molecule has 0 spiro atoms. The van der Waals surface area contributed by atoms with E-state index in [1.54, 1.807) is 18.2 Å². The average Bonchev–Trinajstić information content (AvgIpc) is 3.48. The summed E-state index contributed by atoms with van der Waals surface area (Å²) in [5, 5.41) is 20.1. The van der Waals surface area contributed by atoms with E-state index in [0.717, 1.165) is 5.69 Å². The number of H-pyrrole nitrogens is 1. The maximum Gasteiger partial charge on any atom is 0.310 e. The largest absolute Gasteiger partial charge is 0.481 e. The number of carbonyl (C=O) groups is 1. The quantitative estimate of drug-likeness (QED) is 0.346. The van der Waals surface area contributed by atoms with Crippen LogP contribution in [0.1, 0.15) is 48.2 Å². The molecule has 0 amide bonds. The first-order chi connectivity index (χ1) is 17.6. The van der Waals surface area contributed by atoms with Gasteiger partial charge in [0, 0.05) is 35.9 Å². The third-order valence-electron chi connectivity index (χ3n) is 7.36. The van der Waals surface area contributed by atoms with E-state index >= 15 is 8.78 Å². The molecule has 1 aliphatic carbocycles. The number of hydrogen-bond acceptors (Lipinski definition) is 5. The van der Waals surface area contributed by atoms with Crippen molar-refractivity contribution in [3.63, 3.8) is 0 Å². The number of rotatable bonds is 8. The summed E-state index contributed by atoms with van der Waals surface area (Å²) < 4.78 is 45.0. The van der Waals surface area contributed by atoms with E-state index in [-0.39, 0.29) is 60.7 Å². The molecule has 0 radical (unpaired) electrons. The fraction of sp³-hybridized carbons (Fsp3) is 0.423. The summed E-state index contributed by atoms with van der Waals surface area (Å²) in [6, 6.07) is 7.85. The second-order valence-corrected chi connectivity index (χ2v) is 10.5. The topological polar surface area (TPSA) is 94.1 Å². The van der Waals surface area contributed by atoms with Crippen LogP contribution >= 0.6 is 11.6 Å². The number of aromatic nitrogens is 3. The molecule has 1 saturated heterocycles. The number of pyridine rings is 1. The summed E-state index contributed by atoms with van der Waals surface area (Å²) >= 11 is 5.89. The molecule has 3 heterocycles. The Morgan fingerprint density at radius 3 is 2.51 bits per heavy atom. The smallest absolute Gasteiger partial charge is 0.310 e. The van der Waals surface area contributed by atoms with Gasteiger partial charge in [-0.05, 0) is 57.8 Å². The van der Waals surface area contributed by atoms with Crippen LogP contribution in [0.2, 0.25) is 5.02 Å². The van der Waals surface area contributed by atoms with Crippen LogP contribution in [0.15, 0.2) is 30.3 Å². The first-order valence-corrected chi connectivity index (χ1v) is 12.5. The lowest BCUT2D eigenvalue weighted by Gasteiger charge is -2.39. The minimum absolute atomic E-state index is 0.0338. The number of benzene rings is 1. The predicted octanol–water partition coefficient (Wildman–Crippen LogP) is 5.66. The molecular formula is C26H27ClF3N5O2. The Labute approximate surface area is 217 Å². The summed E-state index contributed by atoms with van der Waals surface area (Å²) in [7, 11) is 0. The highest BCUT2D eigenvalue weighted by atomic mass is 35.5. The summed E-state index contributed by atoms with van der Waals surface area (Å²) in [6.45, 7) is 2.83. The van der Waals surface area contributed by atoms with Gasteiger partial charge in [0.1, 0.15) is 17.3 Å². The molecule has 0 atom stereocenters. The summed E-state index contributed by atoms with van der Waals surface area (Å²) in [4.78, 5) is 18.8. The number of aliphatic carboxylic acids is 1. The molecule has 11 heteroatoms. The molecule has 2 aliphatic rings. The minimum atomic E-state index is -1.78. The van der Waals surface area contributed by atoms with Crippen LogP contribution in [-0.2, 0) is 23.4 Å². The van der Waals surface area contributed by atoms with Crippen LogP contribution in [0.3, 0.4) is 0 Å². The Kier molecular flexibility index (Phi) is 6.66. The minimum Gasteiger partial charge on any atom is -0.481 e. The van der Waals surface area contributed by atoms with Crippen LogP contribution in [-0.4, -0.2) is 44.2 Å². The number of aromatic amines is 1. The average molecular weight is 534 g/mol. The van der Waals surface area contributed by atoms with Gasteiger partial charge in [-0.1, -0.05) is 23.7 Å².